The smallest absolute Gasteiger partial charge is 0.279 e. The molecule has 0 aromatic heterocycles. The molecule has 3 amide bonds. The number of carboxylic acid groups (broad SMARTS) is 1. The fourth-order valence-corrected chi connectivity index (χ4v) is 4.75. The van der Waals surface area contributed by atoms with E-state index in [0.29, 0.717) is 5.69 Å². The van der Waals surface area contributed by atoms with Crippen LogP contribution in [0.3, 0.4) is 0 Å². The van der Waals surface area contributed by atoms with E-state index in [-0.39, 0.29) is 44.4 Å². The average Bonchev–Trinajstić information content (AvgIpc) is 3.08. The van der Waals surface area contributed by atoms with Crippen LogP contribution in [0, 0.1) is 0 Å². The summed E-state index contributed by atoms with van der Waals surface area (Å²) in [5.74, 6) is -2.95. The van der Waals surface area contributed by atoms with Crippen molar-refractivity contribution in [3.63, 3.8) is 0 Å². The molecule has 1 aliphatic carbocycles. The molecule has 2 aliphatic rings. The van der Waals surface area contributed by atoms with E-state index >= 15 is 0 Å². The van der Waals surface area contributed by atoms with Gasteiger partial charge in [-0.05, 0) is 43.2 Å². The molecule has 0 spiro atoms. The van der Waals surface area contributed by atoms with E-state index < -0.39 is 23.7 Å². The van der Waals surface area contributed by atoms with Gasteiger partial charge in [0.15, 0.2) is 0 Å². The van der Waals surface area contributed by atoms with Crippen LogP contribution < -0.4 is 20.5 Å². The van der Waals surface area contributed by atoms with E-state index in [4.69, 9.17) is 27.9 Å². The maximum Gasteiger partial charge on any atom is 0.279 e. The van der Waals surface area contributed by atoms with Crippen molar-refractivity contribution in [2.45, 2.75) is 38.1 Å². The molecule has 36 heavy (non-hydrogen) atoms. The number of carboxylic acids is 1. The molecular weight excluding hydrogens is 509 g/mol. The molecule has 0 atom stereocenters. The number of nitrogens with zero attached hydrogens (tertiary/aromatic N) is 1. The molecule has 2 aromatic carbocycles. The number of methoxy groups -OCH3 is 1. The highest BCUT2D eigenvalue weighted by molar-refractivity contribution is 6.48. The molecule has 11 heteroatoms. The molecule has 2 aromatic rings. The molecule has 0 unspecified atom stereocenters. The lowest BCUT2D eigenvalue weighted by Crippen LogP contribution is -2.42. The molecule has 1 fully saturated rings. The van der Waals surface area contributed by atoms with Crippen molar-refractivity contribution in [2.75, 3.05) is 17.7 Å². The molecule has 2 N–H and O–H groups in total. The number of ether oxygens (including phenoxy) is 1. The molecule has 188 valence electrons. The van der Waals surface area contributed by atoms with Gasteiger partial charge in [0.05, 0.1) is 23.8 Å². The first-order valence-electron chi connectivity index (χ1n) is 11.3. The van der Waals surface area contributed by atoms with Crippen LogP contribution in [0.1, 0.15) is 52.8 Å². The van der Waals surface area contributed by atoms with Gasteiger partial charge >= 0.3 is 0 Å². The summed E-state index contributed by atoms with van der Waals surface area (Å²) in [5.41, 5.74) is 0.643. The fourth-order valence-electron chi connectivity index (χ4n) is 4.32. The summed E-state index contributed by atoms with van der Waals surface area (Å²) in [6.07, 6.45) is 4.55. The number of carbonyl (C=O) groups is 4. The van der Waals surface area contributed by atoms with E-state index in [2.05, 4.69) is 10.6 Å². The van der Waals surface area contributed by atoms with E-state index in [9.17, 15) is 24.3 Å². The maximum atomic E-state index is 12.9. The summed E-state index contributed by atoms with van der Waals surface area (Å²) in [7, 11) is 1.28. The second-order valence-corrected chi connectivity index (χ2v) is 9.22. The number of nitrogens with one attached hydrogen (secondary N) is 2. The lowest BCUT2D eigenvalue weighted by Gasteiger charge is -2.29. The standard InChI is InChI=1S/C25H23Cl2N3O6/c1-36-19-12-18(17(26)11-16(19)25(34)35)29-22(31)13-7-9-14(10-8-13)28-21-20(27)23(32)30(24(21)33)15-5-3-2-4-6-15/h7-12,15,28H,2-6H2,1H3,(H,29,31)(H,34,35)/p-1. The van der Waals surface area contributed by atoms with Crippen molar-refractivity contribution in [3.05, 3.63) is 63.3 Å². The second-order valence-electron chi connectivity index (χ2n) is 8.44. The Labute approximate surface area is 217 Å². The number of imide groups is 1. The summed E-state index contributed by atoms with van der Waals surface area (Å²) in [6.45, 7) is 0. The van der Waals surface area contributed by atoms with Gasteiger partial charge in [-0.3, -0.25) is 19.3 Å². The van der Waals surface area contributed by atoms with Gasteiger partial charge < -0.3 is 25.3 Å². The number of rotatable bonds is 7. The third kappa shape index (κ3) is 5.03. The van der Waals surface area contributed by atoms with Crippen molar-refractivity contribution in [1.29, 1.82) is 0 Å². The van der Waals surface area contributed by atoms with Crippen molar-refractivity contribution in [3.8, 4) is 5.75 Å². The Morgan fingerprint density at radius 1 is 1.03 bits per heavy atom. The molecule has 4 rings (SSSR count). The van der Waals surface area contributed by atoms with Gasteiger partial charge in [-0.1, -0.05) is 42.5 Å². The quantitative estimate of drug-likeness (QED) is 0.524. The van der Waals surface area contributed by atoms with Crippen LogP contribution in [-0.4, -0.2) is 41.7 Å². The molecule has 1 saturated carbocycles. The molecule has 0 saturated heterocycles. The van der Waals surface area contributed by atoms with Crippen LogP contribution >= 0.6 is 23.2 Å². The van der Waals surface area contributed by atoms with Crippen LogP contribution in [0.2, 0.25) is 5.02 Å². The van der Waals surface area contributed by atoms with E-state index in [1.165, 1.54) is 30.2 Å². The molecular formula is C25H22Cl2N3O6-. The average molecular weight is 531 g/mol. The molecule has 1 aliphatic heterocycles. The van der Waals surface area contributed by atoms with Gasteiger partial charge in [0, 0.05) is 28.9 Å². The topological polar surface area (TPSA) is 128 Å². The highest BCUT2D eigenvalue weighted by Gasteiger charge is 2.42. The van der Waals surface area contributed by atoms with E-state index in [0.717, 1.165) is 38.2 Å². The first-order valence-corrected chi connectivity index (χ1v) is 12.0. The first-order chi connectivity index (χ1) is 17.2. The third-order valence-electron chi connectivity index (χ3n) is 6.17. The van der Waals surface area contributed by atoms with Gasteiger partial charge in [0.2, 0.25) is 0 Å². The highest BCUT2D eigenvalue weighted by Crippen LogP contribution is 2.33. The number of benzene rings is 2. The Bertz CT molecular complexity index is 1270. The monoisotopic (exact) mass is 530 g/mol. The largest absolute Gasteiger partial charge is 0.545 e. The second kappa shape index (κ2) is 10.6. The Morgan fingerprint density at radius 2 is 1.69 bits per heavy atom. The van der Waals surface area contributed by atoms with Crippen LogP contribution in [0.4, 0.5) is 11.4 Å². The summed E-state index contributed by atoms with van der Waals surface area (Å²) < 4.78 is 5.03. The zero-order chi connectivity index (χ0) is 26.0. The summed E-state index contributed by atoms with van der Waals surface area (Å²) in [6, 6.07) is 8.41. The Morgan fingerprint density at radius 3 is 2.31 bits per heavy atom. The fraction of sp³-hybridized carbons (Fsp3) is 0.280. The van der Waals surface area contributed by atoms with Gasteiger partial charge in [0.1, 0.15) is 16.5 Å². The van der Waals surface area contributed by atoms with Gasteiger partial charge in [-0.25, -0.2) is 0 Å². The van der Waals surface area contributed by atoms with Crippen LogP contribution in [0.25, 0.3) is 0 Å². The summed E-state index contributed by atoms with van der Waals surface area (Å²) >= 11 is 12.3. The van der Waals surface area contributed by atoms with E-state index in [1.807, 2.05) is 0 Å². The molecule has 0 radical (unpaired) electrons. The number of amides is 3. The SMILES string of the molecule is COc1cc(NC(=O)c2ccc(NC3=C(Cl)C(=O)N(C4CCCCC4)C3=O)cc2)c(Cl)cc1C(=O)[O-]. The van der Waals surface area contributed by atoms with Gasteiger partial charge in [-0.15, -0.1) is 0 Å². The number of hydrogen-bond donors (Lipinski definition) is 2. The number of aromatic carboxylic acids is 1. The molecule has 0 bridgehead atoms. The van der Waals surface area contributed by atoms with Gasteiger partial charge in [0.25, 0.3) is 17.7 Å². The predicted octanol–water partition coefficient (Wildman–Crippen LogP) is 3.53. The minimum Gasteiger partial charge on any atom is -0.545 e. The first kappa shape index (κ1) is 25.5. The van der Waals surface area contributed by atoms with Crippen LogP contribution in [0.15, 0.2) is 47.1 Å². The highest BCUT2D eigenvalue weighted by atomic mass is 35.5. The number of halogens is 2. The van der Waals surface area contributed by atoms with Crippen molar-refractivity contribution >= 4 is 58.3 Å². The Hall–Kier alpha value is -3.56. The van der Waals surface area contributed by atoms with Crippen molar-refractivity contribution in [1.82, 2.24) is 4.90 Å². The summed E-state index contributed by atoms with van der Waals surface area (Å²) in [4.78, 5) is 50.7. The number of anilines is 2. The maximum absolute atomic E-state index is 12.9. The Balaban J connectivity index is 1.46. The third-order valence-corrected chi connectivity index (χ3v) is 6.84. The Kier molecular flexibility index (Phi) is 7.51. The minimum absolute atomic E-state index is 0.00449. The van der Waals surface area contributed by atoms with Gasteiger partial charge in [-0.2, -0.15) is 0 Å². The lowest BCUT2D eigenvalue weighted by atomic mass is 9.94. The van der Waals surface area contributed by atoms with Crippen LogP contribution in [-0.2, 0) is 9.59 Å². The number of hydrogen-bond acceptors (Lipinski definition) is 7. The molecule has 1 heterocycles. The van der Waals surface area contributed by atoms with Crippen molar-refractivity contribution in [2.24, 2.45) is 0 Å². The molecule has 9 nitrogen and oxygen atoms in total. The predicted molar refractivity (Wildman–Crippen MR) is 132 cm³/mol. The number of carbonyl (C=O) groups excluding carboxylic acids is 4. The zero-order valence-corrected chi connectivity index (χ0v) is 20.7. The minimum atomic E-state index is -1.46. The van der Waals surface area contributed by atoms with Crippen molar-refractivity contribution < 1.29 is 29.0 Å². The normalized spacial score (nSPS) is 16.4. The van der Waals surface area contributed by atoms with E-state index in [1.54, 1.807) is 12.1 Å². The lowest BCUT2D eigenvalue weighted by molar-refractivity contribution is -0.255. The zero-order valence-electron chi connectivity index (χ0n) is 19.2. The van der Waals surface area contributed by atoms with Crippen LogP contribution in [0.5, 0.6) is 5.75 Å². The summed E-state index contributed by atoms with van der Waals surface area (Å²) in [5, 5.41) is 16.5.